The van der Waals surface area contributed by atoms with E-state index in [9.17, 15) is 18.6 Å². The number of allylic oxidation sites excluding steroid dienone is 1. The van der Waals surface area contributed by atoms with Crippen LogP contribution in [0, 0.1) is 24.7 Å². The van der Waals surface area contributed by atoms with E-state index in [4.69, 9.17) is 16.6 Å². The van der Waals surface area contributed by atoms with Crippen molar-refractivity contribution in [1.29, 1.82) is 0 Å². The highest BCUT2D eigenvalue weighted by Crippen LogP contribution is 2.36. The van der Waals surface area contributed by atoms with Crippen molar-refractivity contribution in [1.82, 2.24) is 4.98 Å². The van der Waals surface area contributed by atoms with Crippen LogP contribution >= 0.6 is 11.6 Å². The molecule has 1 aromatic heterocycles. The molecule has 1 heterocycles. The van der Waals surface area contributed by atoms with E-state index in [1.807, 2.05) is 55.5 Å². The van der Waals surface area contributed by atoms with Crippen molar-refractivity contribution in [3.05, 3.63) is 105 Å². The Hall–Kier alpha value is -3.14. The van der Waals surface area contributed by atoms with Crippen LogP contribution in [0.3, 0.4) is 0 Å². The lowest BCUT2D eigenvalue weighted by Gasteiger charge is -2.26. The maximum atomic E-state index is 13.2. The van der Waals surface area contributed by atoms with Crippen LogP contribution in [0.2, 0.25) is 5.02 Å². The van der Waals surface area contributed by atoms with Crippen LogP contribution in [0.5, 0.6) is 0 Å². The summed E-state index contributed by atoms with van der Waals surface area (Å²) in [6.07, 6.45) is 0.754. The van der Waals surface area contributed by atoms with E-state index in [0.29, 0.717) is 22.4 Å². The molecular formula is C33H35ClF3N2-. The fraction of sp³-hybridized carbons (Fsp3) is 0.364. The molecular weight excluding hydrogens is 517 g/mol. The van der Waals surface area contributed by atoms with Gasteiger partial charge in [-0.05, 0) is 83.2 Å². The highest BCUT2D eigenvalue weighted by atomic mass is 35.5. The molecule has 0 fully saturated rings. The number of halogens is 4. The average Bonchev–Trinajstić information content (AvgIpc) is 2.92. The second-order valence-electron chi connectivity index (χ2n) is 10.3. The zero-order valence-electron chi connectivity index (χ0n) is 23.1. The number of hydrogen-bond acceptors (Lipinski definition) is 1. The number of alkyl halides is 3. The lowest BCUT2D eigenvalue weighted by Crippen LogP contribution is -2.29. The van der Waals surface area contributed by atoms with E-state index < -0.39 is 18.0 Å². The third-order valence-electron chi connectivity index (χ3n) is 7.78. The molecule has 0 aliphatic heterocycles. The maximum absolute atomic E-state index is 13.2. The third-order valence-corrected chi connectivity index (χ3v) is 8.02. The Morgan fingerprint density at radius 1 is 1.05 bits per heavy atom. The number of rotatable bonds is 9. The minimum Gasteiger partial charge on any atom is -0.763 e. The first-order valence-corrected chi connectivity index (χ1v) is 13.7. The Labute approximate surface area is 234 Å². The third kappa shape index (κ3) is 7.71. The van der Waals surface area contributed by atoms with Crippen LogP contribution < -0.4 is 10.6 Å². The molecule has 2 nitrogen and oxygen atoms in total. The summed E-state index contributed by atoms with van der Waals surface area (Å²) < 4.78 is 39.7. The van der Waals surface area contributed by atoms with Crippen molar-refractivity contribution in [2.45, 2.75) is 59.6 Å². The average molecular weight is 552 g/mol. The number of nitrogens with zero attached hydrogens (tertiary/aromatic N) is 2. The van der Waals surface area contributed by atoms with Gasteiger partial charge in [-0.3, -0.25) is 10.9 Å². The summed E-state index contributed by atoms with van der Waals surface area (Å²) in [4.78, 5) is 4.72. The van der Waals surface area contributed by atoms with Gasteiger partial charge in [-0.1, -0.05) is 87.8 Å². The SMILES string of the molecule is CCC(CC(C(=C=[N-])c1cc(Cl)ccc1C)=c1ccc(=CC(C)C(C)C(C)C(F)(F)F)cn1)c1ccccc1. The molecule has 0 saturated carbocycles. The Kier molecular flexibility index (Phi) is 10.4. The molecule has 0 spiro atoms. The molecule has 0 amide bonds. The summed E-state index contributed by atoms with van der Waals surface area (Å²) in [5, 5.41) is 12.3. The van der Waals surface area contributed by atoms with E-state index in [1.54, 1.807) is 26.1 Å². The zero-order chi connectivity index (χ0) is 28.7. The summed E-state index contributed by atoms with van der Waals surface area (Å²) in [7, 11) is 0. The van der Waals surface area contributed by atoms with Crippen LogP contribution in [-0.2, 0) is 0 Å². The molecule has 4 atom stereocenters. The summed E-state index contributed by atoms with van der Waals surface area (Å²) in [5.41, 5.74) is 4.23. The molecule has 0 N–H and O–H groups in total. The second-order valence-corrected chi connectivity index (χ2v) is 10.8. The van der Waals surface area contributed by atoms with Gasteiger partial charge in [0.1, 0.15) is 0 Å². The smallest absolute Gasteiger partial charge is 0.391 e. The van der Waals surface area contributed by atoms with Gasteiger partial charge in [-0.15, -0.1) is 0 Å². The summed E-state index contributed by atoms with van der Waals surface area (Å²) in [5.74, 6) is 0.308. The number of benzene rings is 2. The van der Waals surface area contributed by atoms with Gasteiger partial charge in [0, 0.05) is 16.8 Å². The van der Waals surface area contributed by atoms with Crippen molar-refractivity contribution in [3.8, 4) is 0 Å². The molecule has 3 aromatic rings. The van der Waals surface area contributed by atoms with Gasteiger partial charge < -0.3 is 5.41 Å². The predicted molar refractivity (Wildman–Crippen MR) is 157 cm³/mol. The van der Waals surface area contributed by atoms with Crippen LogP contribution in [0.25, 0.3) is 22.6 Å². The fourth-order valence-corrected chi connectivity index (χ4v) is 5.02. The van der Waals surface area contributed by atoms with Gasteiger partial charge >= 0.3 is 6.18 Å². The Morgan fingerprint density at radius 2 is 1.74 bits per heavy atom. The van der Waals surface area contributed by atoms with Crippen LogP contribution in [0.4, 0.5) is 13.2 Å². The van der Waals surface area contributed by atoms with Crippen LogP contribution in [0.15, 0.2) is 66.9 Å². The molecule has 206 valence electrons. The molecule has 2 aromatic carbocycles. The topological polar surface area (TPSA) is 35.2 Å². The van der Waals surface area contributed by atoms with Gasteiger partial charge in [0.25, 0.3) is 0 Å². The van der Waals surface area contributed by atoms with Gasteiger partial charge in [0.2, 0.25) is 0 Å². The molecule has 0 aliphatic rings. The van der Waals surface area contributed by atoms with Crippen molar-refractivity contribution in [2.24, 2.45) is 17.8 Å². The van der Waals surface area contributed by atoms with E-state index >= 15 is 0 Å². The molecule has 0 bridgehead atoms. The standard InChI is InChI=1S/C33H35ClF3N2/c1-6-26(27-10-8-7-9-11-27)17-30(31(19-38)29-18-28(34)14-12-21(29)2)32-15-13-25(20-39-32)16-22(3)23(4)24(5)33(35,36)37/h7-16,18,20,22-24,26H,6,17H2,1-5H3/q-1. The quantitative estimate of drug-likeness (QED) is 0.246. The molecule has 0 radical (unpaired) electrons. The molecule has 0 saturated heterocycles. The molecule has 6 heteroatoms. The van der Waals surface area contributed by atoms with Gasteiger partial charge in [0.15, 0.2) is 0 Å². The first-order valence-electron chi connectivity index (χ1n) is 13.3. The number of aromatic nitrogens is 1. The van der Waals surface area contributed by atoms with Gasteiger partial charge in [-0.2, -0.15) is 13.2 Å². The normalized spacial score (nSPS) is 16.2. The summed E-state index contributed by atoms with van der Waals surface area (Å²) in [6.45, 7) is 8.73. The van der Waals surface area contributed by atoms with Crippen LogP contribution in [0.1, 0.15) is 63.1 Å². The highest BCUT2D eigenvalue weighted by Gasteiger charge is 2.40. The minimum atomic E-state index is -4.23. The number of hydrogen-bond donors (Lipinski definition) is 0. The Morgan fingerprint density at radius 3 is 2.31 bits per heavy atom. The van der Waals surface area contributed by atoms with E-state index in [1.165, 1.54) is 12.5 Å². The highest BCUT2D eigenvalue weighted by molar-refractivity contribution is 6.31. The molecule has 39 heavy (non-hydrogen) atoms. The first kappa shape index (κ1) is 30.4. The van der Waals surface area contributed by atoms with Crippen molar-refractivity contribution >= 4 is 34.7 Å². The van der Waals surface area contributed by atoms with E-state index in [-0.39, 0.29) is 11.8 Å². The minimum absolute atomic E-state index is 0.168. The largest absolute Gasteiger partial charge is 0.763 e. The van der Waals surface area contributed by atoms with Crippen molar-refractivity contribution < 1.29 is 13.2 Å². The lowest BCUT2D eigenvalue weighted by molar-refractivity contribution is -0.184. The van der Waals surface area contributed by atoms with Gasteiger partial charge in [-0.25, -0.2) is 0 Å². The fourth-order valence-electron chi connectivity index (χ4n) is 4.85. The van der Waals surface area contributed by atoms with Crippen molar-refractivity contribution in [3.63, 3.8) is 0 Å². The van der Waals surface area contributed by atoms with E-state index in [2.05, 4.69) is 24.9 Å². The Balaban J connectivity index is 2.13. The monoisotopic (exact) mass is 551 g/mol. The molecule has 4 unspecified atom stereocenters. The molecule has 0 aliphatic carbocycles. The summed E-state index contributed by atoms with van der Waals surface area (Å²) in [6, 6.07) is 19.4. The number of pyridine rings is 1. The first-order chi connectivity index (χ1) is 18.5. The lowest BCUT2D eigenvalue weighted by atomic mass is 9.84. The predicted octanol–water partition coefficient (Wildman–Crippen LogP) is 8.35. The molecule has 3 rings (SSSR count). The van der Waals surface area contributed by atoms with Gasteiger partial charge in [0.05, 0.1) is 11.3 Å². The number of aryl methyl sites for hydroxylation is 1. The second kappa shape index (κ2) is 13.3. The van der Waals surface area contributed by atoms with Crippen molar-refractivity contribution in [2.75, 3.05) is 0 Å². The van der Waals surface area contributed by atoms with E-state index in [0.717, 1.165) is 28.3 Å². The summed E-state index contributed by atoms with van der Waals surface area (Å²) >= 11 is 6.32. The van der Waals surface area contributed by atoms with Crippen LogP contribution in [-0.4, -0.2) is 17.0 Å². The maximum Gasteiger partial charge on any atom is 0.391 e. The Bertz CT molecular complexity index is 1420. The zero-order valence-corrected chi connectivity index (χ0v) is 23.8.